The molecule has 1 amide bonds. The lowest BCUT2D eigenvalue weighted by Crippen LogP contribution is -2.14. The molecule has 2 aromatic heterocycles. The summed E-state index contributed by atoms with van der Waals surface area (Å²) in [5, 5.41) is 13.9. The first-order valence-electron chi connectivity index (χ1n) is 8.52. The highest BCUT2D eigenvalue weighted by atomic mass is 32.2. The minimum Gasteiger partial charge on any atom is -0.497 e. The van der Waals surface area contributed by atoms with E-state index in [-0.39, 0.29) is 17.7 Å². The molecule has 0 bridgehead atoms. The number of hydrogen-bond donors (Lipinski definition) is 1. The zero-order valence-corrected chi connectivity index (χ0v) is 17.6. The average molecular weight is 420 g/mol. The lowest BCUT2D eigenvalue weighted by molar-refractivity contribution is -0.113. The first kappa shape index (κ1) is 20.2. The van der Waals surface area contributed by atoms with Crippen LogP contribution in [0.25, 0.3) is 11.3 Å². The zero-order valence-electron chi connectivity index (χ0n) is 16.0. The Labute approximate surface area is 171 Å². The van der Waals surface area contributed by atoms with Gasteiger partial charge in [-0.25, -0.2) is 4.98 Å². The fourth-order valence-corrected chi connectivity index (χ4v) is 4.02. The molecule has 1 N–H and O–H groups in total. The van der Waals surface area contributed by atoms with Crippen molar-refractivity contribution in [2.75, 3.05) is 25.3 Å². The van der Waals surface area contributed by atoms with Gasteiger partial charge in [0, 0.05) is 17.0 Å². The Balaban J connectivity index is 1.66. The van der Waals surface area contributed by atoms with Crippen molar-refractivity contribution in [2.24, 2.45) is 0 Å². The molecule has 148 valence electrons. The van der Waals surface area contributed by atoms with Crippen LogP contribution in [-0.4, -0.2) is 45.6 Å². The summed E-state index contributed by atoms with van der Waals surface area (Å²) in [6, 6.07) is 5.74. The lowest BCUT2D eigenvalue weighted by Gasteiger charge is -2.09. The number of carbonyl (C=O) groups is 1. The number of thioether (sulfide) groups is 1. The lowest BCUT2D eigenvalue weighted by atomic mass is 10.1. The maximum atomic E-state index is 12.3. The Bertz CT molecular complexity index is 954. The topological polar surface area (TPSA) is 91.2 Å². The molecule has 0 aliphatic heterocycles. The van der Waals surface area contributed by atoms with Crippen molar-refractivity contribution in [3.05, 3.63) is 29.9 Å². The van der Waals surface area contributed by atoms with E-state index in [9.17, 15) is 4.79 Å². The third-order valence-corrected chi connectivity index (χ3v) is 5.58. The van der Waals surface area contributed by atoms with Crippen molar-refractivity contribution < 1.29 is 14.3 Å². The van der Waals surface area contributed by atoms with Gasteiger partial charge in [-0.15, -0.1) is 21.5 Å². The predicted octanol–water partition coefficient (Wildman–Crippen LogP) is 3.73. The molecule has 1 aromatic carbocycles. The smallest absolute Gasteiger partial charge is 0.236 e. The number of nitrogens with one attached hydrogen (secondary N) is 1. The van der Waals surface area contributed by atoms with Gasteiger partial charge in [0.2, 0.25) is 5.91 Å². The van der Waals surface area contributed by atoms with Crippen molar-refractivity contribution in [1.29, 1.82) is 0 Å². The fourth-order valence-electron chi connectivity index (χ4n) is 2.44. The Hall–Kier alpha value is -2.59. The number of ether oxygens (including phenoxy) is 2. The van der Waals surface area contributed by atoms with E-state index in [4.69, 9.17) is 9.47 Å². The number of hydrogen-bond acceptors (Lipinski definition) is 8. The number of aromatic nitrogens is 4. The second-order valence-corrected chi connectivity index (χ2v) is 7.86. The third kappa shape index (κ3) is 4.63. The van der Waals surface area contributed by atoms with Crippen LogP contribution in [0.3, 0.4) is 0 Å². The number of nitrogens with zero attached hydrogens (tertiary/aromatic N) is 4. The quantitative estimate of drug-likeness (QED) is 0.556. The third-order valence-electron chi connectivity index (χ3n) is 3.86. The molecule has 3 aromatic rings. The number of amides is 1. The van der Waals surface area contributed by atoms with Gasteiger partial charge in [-0.05, 0) is 32.0 Å². The highest BCUT2D eigenvalue weighted by Crippen LogP contribution is 2.35. The number of carbonyl (C=O) groups excluding carboxylic acids is 1. The molecular weight excluding hydrogens is 398 g/mol. The average Bonchev–Trinajstić information content (AvgIpc) is 3.35. The first-order valence-corrected chi connectivity index (χ1v) is 10.4. The van der Waals surface area contributed by atoms with Crippen LogP contribution in [-0.2, 0) is 4.79 Å². The molecular formula is C18H21N5O3S2. The first-order chi connectivity index (χ1) is 13.5. The number of rotatable bonds is 8. The van der Waals surface area contributed by atoms with Gasteiger partial charge in [0.05, 0.1) is 25.7 Å². The minimum absolute atomic E-state index is 0.151. The Morgan fingerprint density at radius 3 is 2.86 bits per heavy atom. The van der Waals surface area contributed by atoms with Crippen molar-refractivity contribution in [3.8, 4) is 22.8 Å². The molecule has 0 unspecified atom stereocenters. The van der Waals surface area contributed by atoms with Crippen molar-refractivity contribution >= 4 is 34.1 Å². The summed E-state index contributed by atoms with van der Waals surface area (Å²) in [7, 11) is 3.21. The van der Waals surface area contributed by atoms with Gasteiger partial charge in [0.25, 0.3) is 0 Å². The SMILES string of the molecule is COc1ccc(OC)c(-c2csc(NC(=O)CSc3nncn3C(C)C)n2)c1. The standard InChI is InChI=1S/C18H21N5O3S2/c1-11(2)23-10-19-22-18(23)28-9-16(24)21-17-20-14(8-27-17)13-7-12(25-3)5-6-15(13)26-4/h5-8,10-11H,9H2,1-4H3,(H,20,21,24). The summed E-state index contributed by atoms with van der Waals surface area (Å²) in [6.07, 6.45) is 1.67. The molecule has 2 heterocycles. The number of benzene rings is 1. The van der Waals surface area contributed by atoms with Gasteiger partial charge in [-0.3, -0.25) is 4.79 Å². The van der Waals surface area contributed by atoms with E-state index < -0.39 is 0 Å². The fraction of sp³-hybridized carbons (Fsp3) is 0.333. The van der Waals surface area contributed by atoms with Crippen LogP contribution in [0.15, 0.2) is 35.1 Å². The van der Waals surface area contributed by atoms with E-state index in [2.05, 4.69) is 20.5 Å². The van der Waals surface area contributed by atoms with Crippen LogP contribution in [0.1, 0.15) is 19.9 Å². The monoisotopic (exact) mass is 419 g/mol. The van der Waals surface area contributed by atoms with E-state index in [0.29, 0.717) is 27.5 Å². The van der Waals surface area contributed by atoms with Gasteiger partial charge in [-0.2, -0.15) is 0 Å². The summed E-state index contributed by atoms with van der Waals surface area (Å²) in [5.74, 6) is 1.47. The maximum Gasteiger partial charge on any atom is 0.236 e. The van der Waals surface area contributed by atoms with E-state index in [0.717, 1.165) is 5.56 Å². The molecule has 0 saturated carbocycles. The molecule has 8 nitrogen and oxygen atoms in total. The molecule has 3 rings (SSSR count). The highest BCUT2D eigenvalue weighted by Gasteiger charge is 2.14. The second-order valence-electron chi connectivity index (χ2n) is 6.06. The van der Waals surface area contributed by atoms with E-state index >= 15 is 0 Å². The summed E-state index contributed by atoms with van der Waals surface area (Å²) >= 11 is 2.70. The van der Waals surface area contributed by atoms with Gasteiger partial charge < -0.3 is 19.4 Å². The van der Waals surface area contributed by atoms with Crippen LogP contribution >= 0.6 is 23.1 Å². The number of anilines is 1. The zero-order chi connectivity index (χ0) is 20.1. The Morgan fingerprint density at radius 2 is 2.14 bits per heavy atom. The molecule has 0 radical (unpaired) electrons. The second kappa shape index (κ2) is 9.07. The van der Waals surface area contributed by atoms with Crippen LogP contribution < -0.4 is 14.8 Å². The molecule has 0 saturated heterocycles. The van der Waals surface area contributed by atoms with Crippen LogP contribution in [0.2, 0.25) is 0 Å². The van der Waals surface area contributed by atoms with Crippen molar-refractivity contribution in [3.63, 3.8) is 0 Å². The molecule has 0 aliphatic carbocycles. The summed E-state index contributed by atoms with van der Waals surface area (Å²) in [4.78, 5) is 16.8. The normalized spacial score (nSPS) is 10.9. The molecule has 0 fully saturated rings. The summed E-state index contributed by atoms with van der Waals surface area (Å²) < 4.78 is 12.6. The molecule has 10 heteroatoms. The highest BCUT2D eigenvalue weighted by molar-refractivity contribution is 7.99. The van der Waals surface area contributed by atoms with Crippen LogP contribution in [0.5, 0.6) is 11.5 Å². The van der Waals surface area contributed by atoms with Crippen molar-refractivity contribution in [2.45, 2.75) is 25.0 Å². The number of thiazole rings is 1. The van der Waals surface area contributed by atoms with Crippen LogP contribution in [0.4, 0.5) is 5.13 Å². The van der Waals surface area contributed by atoms with Gasteiger partial charge >= 0.3 is 0 Å². The maximum absolute atomic E-state index is 12.3. The Morgan fingerprint density at radius 1 is 1.32 bits per heavy atom. The molecule has 0 aliphatic rings. The summed E-state index contributed by atoms with van der Waals surface area (Å²) in [6.45, 7) is 4.08. The number of methoxy groups -OCH3 is 2. The van der Waals surface area contributed by atoms with Gasteiger partial charge in [-0.1, -0.05) is 11.8 Å². The predicted molar refractivity (Wildman–Crippen MR) is 110 cm³/mol. The van der Waals surface area contributed by atoms with E-state index in [1.807, 2.05) is 42.0 Å². The van der Waals surface area contributed by atoms with Gasteiger partial charge in [0.15, 0.2) is 10.3 Å². The van der Waals surface area contributed by atoms with E-state index in [1.54, 1.807) is 20.5 Å². The minimum atomic E-state index is -0.151. The summed E-state index contributed by atoms with van der Waals surface area (Å²) in [5.41, 5.74) is 1.52. The molecule has 28 heavy (non-hydrogen) atoms. The van der Waals surface area contributed by atoms with Gasteiger partial charge in [0.1, 0.15) is 17.8 Å². The molecule has 0 atom stereocenters. The van der Waals surface area contributed by atoms with Crippen molar-refractivity contribution in [1.82, 2.24) is 19.7 Å². The largest absolute Gasteiger partial charge is 0.497 e. The van der Waals surface area contributed by atoms with E-state index in [1.165, 1.54) is 23.1 Å². The molecule has 0 spiro atoms. The Kier molecular flexibility index (Phi) is 6.53. The van der Waals surface area contributed by atoms with Crippen LogP contribution in [0, 0.1) is 0 Å².